The van der Waals surface area contributed by atoms with Crippen LogP contribution in [0.3, 0.4) is 0 Å². The van der Waals surface area contributed by atoms with E-state index in [1.807, 2.05) is 0 Å². The Morgan fingerprint density at radius 3 is 2.40 bits per heavy atom. The average molecular weight is 149 g/mol. The lowest BCUT2D eigenvalue weighted by Gasteiger charge is -1.57. The van der Waals surface area contributed by atoms with Gasteiger partial charge >= 0.3 is 0 Å². The van der Waals surface area contributed by atoms with E-state index in [2.05, 4.69) is 35.5 Å². The summed E-state index contributed by atoms with van der Waals surface area (Å²) in [5, 5.41) is 0. The average Bonchev–Trinajstić information content (AvgIpc) is 1.97. The van der Waals surface area contributed by atoms with E-state index in [1.54, 1.807) is 6.92 Å². The monoisotopic (exact) mass is 148 g/mol. The Morgan fingerprint density at radius 1 is 1.10 bits per heavy atom. The molecule has 0 N–H and O–H groups in total. The summed E-state index contributed by atoms with van der Waals surface area (Å²) in [5.74, 6) is 15.4. The van der Waals surface area contributed by atoms with Crippen molar-refractivity contribution in [3.05, 3.63) is 11.6 Å². The molecular weight excluding hydrogens is 144 g/mol. The van der Waals surface area contributed by atoms with E-state index in [0.29, 0.717) is 0 Å². The summed E-state index contributed by atoms with van der Waals surface area (Å²) in [4.78, 5) is 0. The topological polar surface area (TPSA) is 0 Å². The highest BCUT2D eigenvalue weighted by Gasteiger charge is 1.54. The van der Waals surface area contributed by atoms with Gasteiger partial charge in [-0.1, -0.05) is 23.4 Å². The number of halogens is 1. The minimum absolute atomic E-state index is 1.33. The highest BCUT2D eigenvalue weighted by atomic mass is 35.5. The molecule has 10 heavy (non-hydrogen) atoms. The Hall–Kier alpha value is -1.29. The molecule has 0 bridgehead atoms. The van der Waals surface area contributed by atoms with Gasteiger partial charge in [0, 0.05) is 11.6 Å². The van der Waals surface area contributed by atoms with Gasteiger partial charge in [-0.2, -0.15) is 0 Å². The summed E-state index contributed by atoms with van der Waals surface area (Å²) in [6, 6.07) is 0. The van der Waals surface area contributed by atoms with Gasteiger partial charge in [0.05, 0.1) is 0 Å². The second-order valence-corrected chi connectivity index (χ2v) is 1.44. The van der Waals surface area contributed by atoms with Gasteiger partial charge in [-0.3, -0.25) is 0 Å². The maximum atomic E-state index is 5.18. The summed E-state index contributed by atoms with van der Waals surface area (Å²) >= 11 is 5.18. The van der Waals surface area contributed by atoms with Crippen LogP contribution in [0, 0.1) is 35.5 Å². The van der Waals surface area contributed by atoms with Gasteiger partial charge in [0.25, 0.3) is 0 Å². The van der Waals surface area contributed by atoms with Gasteiger partial charge < -0.3 is 0 Å². The summed E-state index contributed by atoms with van der Waals surface area (Å²) in [6.07, 6.45) is 1.51. The van der Waals surface area contributed by atoms with E-state index in [-0.39, 0.29) is 0 Å². The number of allylic oxidation sites excluding steroid dienone is 1. The predicted molar refractivity (Wildman–Crippen MR) is 44.0 cm³/mol. The van der Waals surface area contributed by atoms with Crippen molar-refractivity contribution in [3.63, 3.8) is 0 Å². The number of hydrogen-bond acceptors (Lipinski definition) is 0. The molecule has 0 saturated carbocycles. The van der Waals surface area contributed by atoms with E-state index < -0.39 is 0 Å². The van der Waals surface area contributed by atoms with Crippen molar-refractivity contribution in [3.8, 4) is 35.5 Å². The summed E-state index contributed by atoms with van der Waals surface area (Å²) < 4.78 is 0. The first-order valence-corrected chi connectivity index (χ1v) is 3.03. The molecule has 1 heteroatoms. The fraction of sp³-hybridized carbons (Fsp3) is 0.111. The second kappa shape index (κ2) is 7.71. The Balaban J connectivity index is 3.86. The van der Waals surface area contributed by atoms with Gasteiger partial charge in [0.15, 0.2) is 0 Å². The van der Waals surface area contributed by atoms with E-state index in [4.69, 9.17) is 11.6 Å². The van der Waals surface area contributed by atoms with E-state index >= 15 is 0 Å². The standard InChI is InChI=1S/C9H5Cl/c1-2-3-4-5-6-7-8-9-10/h8-9H,1H3/b9-8+. The molecule has 0 radical (unpaired) electrons. The number of rotatable bonds is 0. The Labute approximate surface area is 66.3 Å². The zero-order valence-electron chi connectivity index (χ0n) is 5.53. The third kappa shape index (κ3) is 6.71. The first-order valence-electron chi connectivity index (χ1n) is 2.59. The molecule has 0 heterocycles. The zero-order valence-corrected chi connectivity index (χ0v) is 6.29. The Kier molecular flexibility index (Phi) is 6.72. The minimum atomic E-state index is 1.33. The minimum Gasteiger partial charge on any atom is -0.0925 e. The smallest absolute Gasteiger partial charge is 0.0126 e. The van der Waals surface area contributed by atoms with Crippen molar-refractivity contribution >= 4 is 11.6 Å². The lowest BCUT2D eigenvalue weighted by atomic mass is 10.5. The van der Waals surface area contributed by atoms with E-state index in [0.717, 1.165) is 0 Å². The molecule has 0 saturated heterocycles. The van der Waals surface area contributed by atoms with Crippen LogP contribution in [0.5, 0.6) is 0 Å². The predicted octanol–water partition coefficient (Wildman–Crippen LogP) is 1.77. The zero-order chi connectivity index (χ0) is 7.66. The normalized spacial score (nSPS) is 6.20. The quantitative estimate of drug-likeness (QED) is 0.460. The molecule has 0 aliphatic carbocycles. The van der Waals surface area contributed by atoms with Crippen molar-refractivity contribution in [2.45, 2.75) is 6.92 Å². The summed E-state index contributed by atoms with van der Waals surface area (Å²) in [5.41, 5.74) is 1.33. The molecule has 0 atom stereocenters. The van der Waals surface area contributed by atoms with Crippen LogP contribution in [-0.4, -0.2) is 0 Å². The van der Waals surface area contributed by atoms with Crippen molar-refractivity contribution < 1.29 is 0 Å². The lowest BCUT2D eigenvalue weighted by Crippen LogP contribution is -1.50. The molecule has 0 fully saturated rings. The van der Waals surface area contributed by atoms with Crippen molar-refractivity contribution in [1.82, 2.24) is 0 Å². The molecule has 0 amide bonds. The van der Waals surface area contributed by atoms with E-state index in [9.17, 15) is 0 Å². The number of hydrogen-bond donors (Lipinski definition) is 0. The van der Waals surface area contributed by atoms with Gasteiger partial charge in [0.1, 0.15) is 0 Å². The second-order valence-electron chi connectivity index (χ2n) is 1.19. The largest absolute Gasteiger partial charge is 0.0925 e. The van der Waals surface area contributed by atoms with Gasteiger partial charge in [-0.05, 0) is 30.6 Å². The third-order valence-corrected chi connectivity index (χ3v) is 0.657. The van der Waals surface area contributed by atoms with Crippen LogP contribution >= 0.6 is 11.6 Å². The SMILES string of the molecule is CC#CC#CC#C/C=C/Cl. The summed E-state index contributed by atoms with van der Waals surface area (Å²) in [7, 11) is 0. The van der Waals surface area contributed by atoms with Crippen LogP contribution in [0.1, 0.15) is 6.92 Å². The van der Waals surface area contributed by atoms with Crippen molar-refractivity contribution in [2.24, 2.45) is 0 Å². The first kappa shape index (κ1) is 8.71. The molecule has 0 spiro atoms. The van der Waals surface area contributed by atoms with Gasteiger partial charge in [-0.25, -0.2) is 0 Å². The molecule has 0 nitrogen and oxygen atoms in total. The molecule has 0 aromatic carbocycles. The van der Waals surface area contributed by atoms with Crippen LogP contribution in [0.4, 0.5) is 0 Å². The van der Waals surface area contributed by atoms with Crippen LogP contribution in [-0.2, 0) is 0 Å². The van der Waals surface area contributed by atoms with Gasteiger partial charge in [0.2, 0.25) is 0 Å². The van der Waals surface area contributed by atoms with Crippen molar-refractivity contribution in [2.75, 3.05) is 0 Å². The maximum absolute atomic E-state index is 5.18. The maximum Gasteiger partial charge on any atom is 0.0126 e. The highest BCUT2D eigenvalue weighted by molar-refractivity contribution is 6.25. The highest BCUT2D eigenvalue weighted by Crippen LogP contribution is 1.72. The molecular formula is C9H5Cl. The van der Waals surface area contributed by atoms with Gasteiger partial charge in [-0.15, -0.1) is 0 Å². The fourth-order valence-corrected chi connectivity index (χ4v) is 0.297. The van der Waals surface area contributed by atoms with Crippen LogP contribution in [0.2, 0.25) is 0 Å². The molecule has 0 aliphatic heterocycles. The molecule has 0 rings (SSSR count). The molecule has 0 aromatic rings. The Bertz CT molecular complexity index is 278. The van der Waals surface area contributed by atoms with Crippen LogP contribution in [0.25, 0.3) is 0 Å². The Morgan fingerprint density at radius 2 is 1.80 bits per heavy atom. The summed E-state index contributed by atoms with van der Waals surface area (Å²) in [6.45, 7) is 1.72. The lowest BCUT2D eigenvalue weighted by molar-refractivity contribution is 1.92. The molecule has 0 aliphatic rings. The fourth-order valence-electron chi connectivity index (χ4n) is 0.234. The molecule has 0 unspecified atom stereocenters. The third-order valence-electron chi connectivity index (χ3n) is 0.531. The first-order chi connectivity index (χ1) is 4.91. The van der Waals surface area contributed by atoms with Crippen molar-refractivity contribution in [1.29, 1.82) is 0 Å². The molecule has 48 valence electrons. The van der Waals surface area contributed by atoms with Crippen LogP contribution < -0.4 is 0 Å². The van der Waals surface area contributed by atoms with Crippen LogP contribution in [0.15, 0.2) is 11.6 Å². The van der Waals surface area contributed by atoms with E-state index in [1.165, 1.54) is 11.6 Å². The molecule has 0 aromatic heterocycles.